The minimum atomic E-state index is -0.168. The maximum Gasteiger partial charge on any atom is 0.259 e. The third kappa shape index (κ3) is 4.09. The summed E-state index contributed by atoms with van der Waals surface area (Å²) in [7, 11) is 1.66. The number of nitrogens with zero attached hydrogens (tertiary/aromatic N) is 2. The van der Waals surface area contributed by atoms with Crippen LogP contribution in [0.4, 0.5) is 11.4 Å². The highest BCUT2D eigenvalue weighted by molar-refractivity contribution is 5.92. The molecule has 0 saturated heterocycles. The number of nitrogens with one attached hydrogen (secondary N) is 2. The fourth-order valence-corrected chi connectivity index (χ4v) is 4.06. The fraction of sp³-hybridized carbons (Fsp3) is 0.231. The van der Waals surface area contributed by atoms with Crippen molar-refractivity contribution in [1.82, 2.24) is 9.97 Å². The van der Waals surface area contributed by atoms with Gasteiger partial charge in [-0.05, 0) is 48.4 Å². The summed E-state index contributed by atoms with van der Waals surface area (Å²) >= 11 is 0. The number of para-hydroxylation sites is 1. The number of methoxy groups -OCH3 is 1. The number of H-pyrrole nitrogens is 1. The first-order valence-electron chi connectivity index (χ1n) is 11.1. The molecule has 0 atom stereocenters. The SMILES string of the molecule is CCCOc1ccccc1-c1nc2cc3c(cc2c(=O)[nH]1)NCN3Cc1ccc(OC)cc1. The van der Waals surface area contributed by atoms with E-state index in [1.54, 1.807) is 7.11 Å². The second kappa shape index (κ2) is 8.86. The molecule has 33 heavy (non-hydrogen) atoms. The highest BCUT2D eigenvalue weighted by Gasteiger charge is 2.21. The van der Waals surface area contributed by atoms with Gasteiger partial charge in [0.05, 0.1) is 48.2 Å². The van der Waals surface area contributed by atoms with Gasteiger partial charge in [0.1, 0.15) is 17.3 Å². The zero-order valence-corrected chi connectivity index (χ0v) is 18.7. The molecular formula is C26H26N4O3. The normalized spacial score (nSPS) is 12.5. The van der Waals surface area contributed by atoms with E-state index in [1.165, 1.54) is 5.56 Å². The van der Waals surface area contributed by atoms with Gasteiger partial charge in [0.25, 0.3) is 5.56 Å². The van der Waals surface area contributed by atoms with Gasteiger partial charge in [-0.2, -0.15) is 0 Å². The van der Waals surface area contributed by atoms with Crippen molar-refractivity contribution < 1.29 is 9.47 Å². The lowest BCUT2D eigenvalue weighted by Crippen LogP contribution is -2.22. The zero-order valence-electron chi connectivity index (χ0n) is 18.7. The second-order valence-corrected chi connectivity index (χ2v) is 8.03. The van der Waals surface area contributed by atoms with Crippen molar-refractivity contribution in [2.75, 3.05) is 30.6 Å². The van der Waals surface area contributed by atoms with Crippen molar-refractivity contribution >= 4 is 22.3 Å². The molecule has 1 aliphatic rings. The van der Waals surface area contributed by atoms with E-state index in [0.29, 0.717) is 35.8 Å². The monoisotopic (exact) mass is 442 g/mol. The molecule has 0 saturated carbocycles. The molecule has 1 aromatic heterocycles. The topological polar surface area (TPSA) is 79.5 Å². The number of hydrogen-bond donors (Lipinski definition) is 2. The number of ether oxygens (including phenoxy) is 2. The second-order valence-electron chi connectivity index (χ2n) is 8.03. The smallest absolute Gasteiger partial charge is 0.259 e. The molecule has 4 aromatic rings. The Bertz CT molecular complexity index is 1350. The van der Waals surface area contributed by atoms with Gasteiger partial charge in [0.15, 0.2) is 0 Å². The van der Waals surface area contributed by atoms with Crippen molar-refractivity contribution in [2.24, 2.45) is 0 Å². The minimum absolute atomic E-state index is 0.168. The van der Waals surface area contributed by atoms with E-state index in [-0.39, 0.29) is 5.56 Å². The van der Waals surface area contributed by atoms with Gasteiger partial charge in [-0.15, -0.1) is 0 Å². The third-order valence-electron chi connectivity index (χ3n) is 5.76. The molecule has 0 aliphatic carbocycles. The van der Waals surface area contributed by atoms with Gasteiger partial charge >= 0.3 is 0 Å². The maximum absolute atomic E-state index is 12.9. The molecule has 2 N–H and O–H groups in total. The van der Waals surface area contributed by atoms with Crippen LogP contribution in [-0.2, 0) is 6.54 Å². The summed E-state index contributed by atoms with van der Waals surface area (Å²) in [5.41, 5.74) is 4.39. The summed E-state index contributed by atoms with van der Waals surface area (Å²) in [6, 6.07) is 19.6. The minimum Gasteiger partial charge on any atom is -0.497 e. The molecule has 0 radical (unpaired) electrons. The van der Waals surface area contributed by atoms with E-state index in [9.17, 15) is 4.79 Å². The molecule has 0 amide bonds. The summed E-state index contributed by atoms with van der Waals surface area (Å²) in [5, 5.41) is 3.95. The molecule has 0 spiro atoms. The molecule has 5 rings (SSSR count). The summed E-state index contributed by atoms with van der Waals surface area (Å²) in [5.74, 6) is 2.06. The highest BCUT2D eigenvalue weighted by atomic mass is 16.5. The number of benzene rings is 3. The van der Waals surface area contributed by atoms with Gasteiger partial charge in [-0.3, -0.25) is 4.79 Å². The molecule has 168 valence electrons. The average Bonchev–Trinajstić information content (AvgIpc) is 3.23. The predicted octanol–water partition coefficient (Wildman–Crippen LogP) is 4.78. The molecule has 0 unspecified atom stereocenters. The lowest BCUT2D eigenvalue weighted by molar-refractivity contribution is 0.318. The van der Waals surface area contributed by atoms with Gasteiger partial charge in [-0.1, -0.05) is 31.2 Å². The van der Waals surface area contributed by atoms with Crippen LogP contribution >= 0.6 is 0 Å². The number of rotatable bonds is 7. The van der Waals surface area contributed by atoms with E-state index in [1.807, 2.05) is 48.5 Å². The lowest BCUT2D eigenvalue weighted by atomic mass is 10.1. The molecule has 0 fully saturated rings. The Labute approximate surface area is 192 Å². The van der Waals surface area contributed by atoms with E-state index < -0.39 is 0 Å². The van der Waals surface area contributed by atoms with Gasteiger partial charge < -0.3 is 24.7 Å². The van der Waals surface area contributed by atoms with Crippen LogP contribution in [0.2, 0.25) is 0 Å². The Morgan fingerprint density at radius 3 is 2.70 bits per heavy atom. The fourth-order valence-electron chi connectivity index (χ4n) is 4.06. The molecule has 3 aromatic carbocycles. The lowest BCUT2D eigenvalue weighted by Gasteiger charge is -2.18. The number of anilines is 2. The Morgan fingerprint density at radius 1 is 1.09 bits per heavy atom. The largest absolute Gasteiger partial charge is 0.497 e. The first-order valence-corrected chi connectivity index (χ1v) is 11.1. The molecule has 7 heteroatoms. The first-order chi connectivity index (χ1) is 16.2. The van der Waals surface area contributed by atoms with E-state index in [2.05, 4.69) is 34.3 Å². The van der Waals surface area contributed by atoms with Crippen molar-refractivity contribution in [3.8, 4) is 22.9 Å². The van der Waals surface area contributed by atoms with Crippen LogP contribution < -0.4 is 25.2 Å². The first kappa shape index (κ1) is 20.9. The molecule has 1 aliphatic heterocycles. The van der Waals surface area contributed by atoms with Crippen molar-refractivity contribution in [2.45, 2.75) is 19.9 Å². The van der Waals surface area contributed by atoms with Crippen molar-refractivity contribution in [3.05, 3.63) is 76.6 Å². The number of aromatic amines is 1. The summed E-state index contributed by atoms with van der Waals surface area (Å²) in [6.07, 6.45) is 0.902. The Morgan fingerprint density at radius 2 is 1.91 bits per heavy atom. The van der Waals surface area contributed by atoms with Gasteiger partial charge in [-0.25, -0.2) is 4.98 Å². The Balaban J connectivity index is 1.52. The van der Waals surface area contributed by atoms with E-state index in [0.717, 1.165) is 35.7 Å². The van der Waals surface area contributed by atoms with Crippen LogP contribution in [0.5, 0.6) is 11.5 Å². The molecule has 7 nitrogen and oxygen atoms in total. The van der Waals surface area contributed by atoms with Crippen LogP contribution in [0.1, 0.15) is 18.9 Å². The summed E-state index contributed by atoms with van der Waals surface area (Å²) in [6.45, 7) is 4.06. The number of hydrogen-bond acceptors (Lipinski definition) is 6. The molecule has 2 heterocycles. The summed E-state index contributed by atoms with van der Waals surface area (Å²) in [4.78, 5) is 22.9. The van der Waals surface area contributed by atoms with Gasteiger partial charge in [0, 0.05) is 6.54 Å². The van der Waals surface area contributed by atoms with E-state index >= 15 is 0 Å². The molecule has 0 bridgehead atoms. The number of fused-ring (bicyclic) bond motifs is 2. The number of aromatic nitrogens is 2. The van der Waals surface area contributed by atoms with Crippen LogP contribution in [0.3, 0.4) is 0 Å². The van der Waals surface area contributed by atoms with E-state index in [4.69, 9.17) is 14.5 Å². The zero-order chi connectivity index (χ0) is 22.8. The van der Waals surface area contributed by atoms with Crippen LogP contribution in [0.25, 0.3) is 22.3 Å². The highest BCUT2D eigenvalue weighted by Crippen LogP contribution is 2.36. The Kier molecular flexibility index (Phi) is 5.60. The van der Waals surface area contributed by atoms with Crippen LogP contribution in [-0.4, -0.2) is 30.4 Å². The standard InChI is InChI=1S/C26H26N4O3/c1-3-12-33-24-7-5-4-6-19(24)25-28-21-14-23-22(13-20(21)26(31)29-25)27-16-30(23)15-17-8-10-18(32-2)11-9-17/h4-11,13-14,27H,3,12,15-16H2,1-2H3,(H,28,29,31). The van der Waals surface area contributed by atoms with Crippen molar-refractivity contribution in [3.63, 3.8) is 0 Å². The third-order valence-corrected chi connectivity index (χ3v) is 5.76. The van der Waals surface area contributed by atoms with Crippen LogP contribution in [0, 0.1) is 0 Å². The van der Waals surface area contributed by atoms with Gasteiger partial charge in [0.2, 0.25) is 0 Å². The summed E-state index contributed by atoms with van der Waals surface area (Å²) < 4.78 is 11.1. The molecular weight excluding hydrogens is 416 g/mol. The maximum atomic E-state index is 12.9. The Hall–Kier alpha value is -4.00. The van der Waals surface area contributed by atoms with Crippen molar-refractivity contribution in [1.29, 1.82) is 0 Å². The predicted molar refractivity (Wildman–Crippen MR) is 131 cm³/mol. The average molecular weight is 443 g/mol. The van der Waals surface area contributed by atoms with Crippen LogP contribution in [0.15, 0.2) is 65.5 Å². The quantitative estimate of drug-likeness (QED) is 0.429.